The Kier molecular flexibility index (Phi) is 7.29. The number of benzene rings is 2. The van der Waals surface area contributed by atoms with Crippen molar-refractivity contribution in [3.8, 4) is 0 Å². The molecule has 3 fully saturated rings. The number of nitro benzene ring substituents is 1. The number of fused-ring (bicyclic) bond motifs is 3. The summed E-state index contributed by atoms with van der Waals surface area (Å²) in [6.07, 6.45) is 3.59. The Morgan fingerprint density at radius 2 is 1.96 bits per heavy atom. The molecule has 0 unspecified atom stereocenters. The van der Waals surface area contributed by atoms with E-state index in [0.717, 1.165) is 12.8 Å². The second-order valence-electron chi connectivity index (χ2n) is 12.2. The lowest BCUT2D eigenvalue weighted by molar-refractivity contribution is -0.384. The average Bonchev–Trinajstić information content (AvgIpc) is 3.74. The molecule has 46 heavy (non-hydrogen) atoms. The first-order chi connectivity index (χ1) is 22.0. The molecule has 0 radical (unpaired) electrons. The van der Waals surface area contributed by atoms with E-state index in [4.69, 9.17) is 27.9 Å². The molecule has 1 aromatic heterocycles. The number of nitro groups is 1. The van der Waals surface area contributed by atoms with Crippen molar-refractivity contribution in [2.75, 3.05) is 30.4 Å². The lowest BCUT2D eigenvalue weighted by Gasteiger charge is -2.40. The second-order valence-corrected chi connectivity index (χ2v) is 13.0. The van der Waals surface area contributed by atoms with Crippen LogP contribution in [0.2, 0.25) is 10.2 Å². The van der Waals surface area contributed by atoms with Crippen LogP contribution in [0.5, 0.6) is 0 Å². The van der Waals surface area contributed by atoms with Gasteiger partial charge in [0.05, 0.1) is 23.5 Å². The van der Waals surface area contributed by atoms with Crippen molar-refractivity contribution in [2.24, 2.45) is 11.8 Å². The summed E-state index contributed by atoms with van der Waals surface area (Å²) in [5.41, 5.74) is -0.783. The third kappa shape index (κ3) is 4.34. The maximum atomic E-state index is 16.1. The molecular formula is C32H28Cl2FN5O6. The maximum Gasteiger partial charge on any atom is 0.338 e. The number of carbonyl (C=O) groups is 3. The SMILES string of the molecule is COC(=O)c1ccc(N2CC[C@H]3[C@@H](C2=O)[C@H](c2ccnc(Cl)c2F)[C@]2(C(=O)Nc4cc(Cl)ccc42)N3CC2CC2)c([N+](=O)[O-])c1C. The topological polar surface area (TPSA) is 135 Å². The largest absolute Gasteiger partial charge is 0.465 e. The molecule has 14 heteroatoms. The zero-order valence-corrected chi connectivity index (χ0v) is 26.3. The number of esters is 1. The van der Waals surface area contributed by atoms with Crippen molar-refractivity contribution in [1.82, 2.24) is 9.88 Å². The van der Waals surface area contributed by atoms with E-state index in [9.17, 15) is 24.5 Å². The molecule has 1 spiro atoms. The molecule has 4 atom stereocenters. The molecule has 2 saturated heterocycles. The first kappa shape index (κ1) is 30.5. The Morgan fingerprint density at radius 3 is 2.65 bits per heavy atom. The van der Waals surface area contributed by atoms with Gasteiger partial charge in [-0.2, -0.15) is 0 Å². The molecule has 238 valence electrons. The first-order valence-corrected chi connectivity index (χ1v) is 15.6. The average molecular weight is 669 g/mol. The number of hydrogen-bond donors (Lipinski definition) is 1. The minimum absolute atomic E-state index is 0.0000164. The van der Waals surface area contributed by atoms with E-state index in [2.05, 4.69) is 15.2 Å². The normalized spacial score (nSPS) is 25.4. The smallest absolute Gasteiger partial charge is 0.338 e. The molecule has 2 amide bonds. The highest BCUT2D eigenvalue weighted by Crippen LogP contribution is 2.62. The third-order valence-electron chi connectivity index (χ3n) is 9.92. The van der Waals surface area contributed by atoms with Crippen LogP contribution in [-0.2, 0) is 19.9 Å². The zero-order valence-electron chi connectivity index (χ0n) is 24.8. The van der Waals surface area contributed by atoms with Gasteiger partial charge in [-0.05, 0) is 68.0 Å². The van der Waals surface area contributed by atoms with E-state index in [0.29, 0.717) is 29.2 Å². The summed E-state index contributed by atoms with van der Waals surface area (Å²) in [4.78, 5) is 60.7. The summed E-state index contributed by atoms with van der Waals surface area (Å²) >= 11 is 12.5. The number of aromatic nitrogens is 1. The molecular weight excluding hydrogens is 640 g/mol. The lowest BCUT2D eigenvalue weighted by atomic mass is 9.70. The highest BCUT2D eigenvalue weighted by atomic mass is 35.5. The molecule has 7 rings (SSSR count). The van der Waals surface area contributed by atoms with E-state index >= 15 is 4.39 Å². The van der Waals surface area contributed by atoms with Gasteiger partial charge in [-0.1, -0.05) is 29.3 Å². The molecule has 3 aromatic rings. The van der Waals surface area contributed by atoms with E-state index < -0.39 is 62.8 Å². The van der Waals surface area contributed by atoms with Gasteiger partial charge in [0.25, 0.3) is 5.69 Å². The van der Waals surface area contributed by atoms with Crippen LogP contribution in [0.15, 0.2) is 42.6 Å². The Morgan fingerprint density at radius 1 is 1.20 bits per heavy atom. The van der Waals surface area contributed by atoms with E-state index in [1.54, 1.807) is 18.2 Å². The van der Waals surface area contributed by atoms with Crippen LogP contribution in [0.25, 0.3) is 0 Å². The summed E-state index contributed by atoms with van der Waals surface area (Å²) in [7, 11) is 1.18. The predicted molar refractivity (Wildman–Crippen MR) is 167 cm³/mol. The lowest BCUT2D eigenvalue weighted by Crippen LogP contribution is -2.54. The number of pyridine rings is 1. The van der Waals surface area contributed by atoms with Gasteiger partial charge in [0.15, 0.2) is 11.0 Å². The summed E-state index contributed by atoms with van der Waals surface area (Å²) in [5, 5.41) is 15.4. The molecule has 4 aliphatic rings. The minimum Gasteiger partial charge on any atom is -0.465 e. The highest BCUT2D eigenvalue weighted by molar-refractivity contribution is 6.31. The molecule has 4 heterocycles. The number of carbonyl (C=O) groups excluding carboxylic acids is 3. The number of rotatable bonds is 6. The fraction of sp³-hybridized carbons (Fsp3) is 0.375. The second kappa shape index (κ2) is 11.0. The number of likely N-dealkylation sites (tertiary alicyclic amines) is 1. The van der Waals surface area contributed by atoms with Crippen LogP contribution >= 0.6 is 23.2 Å². The quantitative estimate of drug-likeness (QED) is 0.155. The van der Waals surface area contributed by atoms with Gasteiger partial charge < -0.3 is 15.0 Å². The standard InChI is InChI=1S/C32H28Cl2FN5O6/c1-15-18(30(42)46-2)6-8-23(27(15)40(44)45)38-12-10-22-24(29(38)41)25(19-9-11-36-28(34)26(19)35)32(39(22)14-16-3-4-16)20-7-5-17(33)13-21(20)37-31(32)43/h5-9,11,13,16,22,24-25H,3-4,10,12,14H2,1-2H3,(H,37,43)/t22-,24+,25-,32+/m0/s1. The van der Waals surface area contributed by atoms with Crippen LogP contribution in [-0.4, -0.2) is 58.8 Å². The number of nitrogens with one attached hydrogen (secondary N) is 1. The van der Waals surface area contributed by atoms with Gasteiger partial charge >= 0.3 is 5.97 Å². The maximum absolute atomic E-state index is 16.1. The fourth-order valence-electron chi connectivity index (χ4n) is 7.85. The minimum atomic E-state index is -1.51. The third-order valence-corrected chi connectivity index (χ3v) is 10.4. The number of nitrogens with zero attached hydrogens (tertiary/aromatic N) is 4. The Balaban J connectivity index is 1.45. The summed E-state index contributed by atoms with van der Waals surface area (Å²) < 4.78 is 20.9. The molecule has 2 aromatic carbocycles. The van der Waals surface area contributed by atoms with E-state index in [1.807, 2.05) is 0 Å². The first-order valence-electron chi connectivity index (χ1n) is 14.9. The number of amides is 2. The van der Waals surface area contributed by atoms with Crippen molar-refractivity contribution in [3.63, 3.8) is 0 Å². The fourth-order valence-corrected chi connectivity index (χ4v) is 8.19. The number of ether oxygens (including phenoxy) is 1. The van der Waals surface area contributed by atoms with E-state index in [1.165, 1.54) is 43.3 Å². The number of halogens is 3. The van der Waals surface area contributed by atoms with Crippen molar-refractivity contribution in [3.05, 3.63) is 91.0 Å². The summed E-state index contributed by atoms with van der Waals surface area (Å²) in [5.74, 6) is -4.31. The highest BCUT2D eigenvalue weighted by Gasteiger charge is 2.70. The number of hydrogen-bond acceptors (Lipinski definition) is 8. The van der Waals surface area contributed by atoms with Crippen molar-refractivity contribution < 1.29 is 28.4 Å². The summed E-state index contributed by atoms with van der Waals surface area (Å²) in [6, 6.07) is 8.72. The number of piperidine rings is 1. The monoisotopic (exact) mass is 667 g/mol. The van der Waals surface area contributed by atoms with Gasteiger partial charge in [0.1, 0.15) is 11.2 Å². The van der Waals surface area contributed by atoms with Crippen LogP contribution in [0.1, 0.15) is 52.2 Å². The zero-order chi connectivity index (χ0) is 32.7. The van der Waals surface area contributed by atoms with Gasteiger partial charge in [0, 0.05) is 53.1 Å². The Hall–Kier alpha value is -4.13. The van der Waals surface area contributed by atoms with Crippen molar-refractivity contribution in [1.29, 1.82) is 0 Å². The van der Waals surface area contributed by atoms with Crippen LogP contribution in [0.3, 0.4) is 0 Å². The van der Waals surface area contributed by atoms with Crippen molar-refractivity contribution in [2.45, 2.75) is 43.7 Å². The molecule has 3 aliphatic heterocycles. The summed E-state index contributed by atoms with van der Waals surface area (Å²) in [6.45, 7) is 2.01. The molecule has 1 N–H and O–H groups in total. The predicted octanol–water partition coefficient (Wildman–Crippen LogP) is 5.61. The van der Waals surface area contributed by atoms with Gasteiger partial charge in [-0.3, -0.25) is 24.6 Å². The van der Waals surface area contributed by atoms with E-state index in [-0.39, 0.29) is 34.8 Å². The van der Waals surface area contributed by atoms with Crippen LogP contribution in [0.4, 0.5) is 21.5 Å². The molecule has 1 saturated carbocycles. The van der Waals surface area contributed by atoms with Crippen LogP contribution in [0, 0.1) is 34.7 Å². The number of anilines is 2. The molecule has 0 bridgehead atoms. The van der Waals surface area contributed by atoms with Crippen LogP contribution < -0.4 is 10.2 Å². The Labute approximate surface area is 272 Å². The van der Waals surface area contributed by atoms with Gasteiger partial charge in [0.2, 0.25) is 11.8 Å². The molecule has 11 nitrogen and oxygen atoms in total. The van der Waals surface area contributed by atoms with Gasteiger partial charge in [-0.15, -0.1) is 0 Å². The van der Waals surface area contributed by atoms with Gasteiger partial charge in [-0.25, -0.2) is 14.2 Å². The number of methoxy groups -OCH3 is 1. The molecule has 1 aliphatic carbocycles. The van der Waals surface area contributed by atoms with Crippen molar-refractivity contribution >= 4 is 58.0 Å². The Bertz CT molecular complexity index is 1850.